The second kappa shape index (κ2) is 6.99. The first-order valence-corrected chi connectivity index (χ1v) is 6.91. The van der Waals surface area contributed by atoms with Crippen LogP contribution in [0.1, 0.15) is 11.1 Å². The fraction of sp³-hybridized carbons (Fsp3) is 0.188. The van der Waals surface area contributed by atoms with Crippen LogP contribution in [0.4, 0.5) is 10.5 Å². The Morgan fingerprint density at radius 1 is 1.24 bits per heavy atom. The number of nitrogens with one attached hydrogen (secondary N) is 2. The van der Waals surface area contributed by atoms with Crippen LogP contribution in [-0.4, -0.2) is 13.1 Å². The Bertz CT molecular complexity index is 644. The number of benzene rings is 2. The van der Waals surface area contributed by atoms with E-state index in [1.165, 1.54) is 0 Å². The zero-order valence-corrected chi connectivity index (χ0v) is 12.7. The molecule has 0 radical (unpaired) electrons. The zero-order valence-electron chi connectivity index (χ0n) is 11.9. The maximum Gasteiger partial charge on any atom is 0.319 e. The Labute approximate surface area is 129 Å². The lowest BCUT2D eigenvalue weighted by atomic mass is 10.2. The molecule has 0 atom stereocenters. The van der Waals surface area contributed by atoms with Gasteiger partial charge in [0.2, 0.25) is 0 Å². The molecule has 0 bridgehead atoms. The van der Waals surface area contributed by atoms with Gasteiger partial charge in [-0.15, -0.1) is 0 Å². The van der Waals surface area contributed by atoms with Gasteiger partial charge in [0.1, 0.15) is 5.75 Å². The average Bonchev–Trinajstić information content (AvgIpc) is 2.46. The minimum Gasteiger partial charge on any atom is -0.496 e. The van der Waals surface area contributed by atoms with Crippen molar-refractivity contribution < 1.29 is 9.53 Å². The molecule has 0 aliphatic rings. The van der Waals surface area contributed by atoms with Crippen LogP contribution < -0.4 is 15.4 Å². The highest BCUT2D eigenvalue weighted by Gasteiger charge is 2.05. The monoisotopic (exact) mass is 304 g/mol. The molecule has 0 heterocycles. The molecule has 2 rings (SSSR count). The van der Waals surface area contributed by atoms with Crippen molar-refractivity contribution in [2.75, 3.05) is 12.4 Å². The molecular formula is C16H17ClN2O2. The van der Waals surface area contributed by atoms with Gasteiger partial charge in [0, 0.05) is 17.3 Å². The lowest BCUT2D eigenvalue weighted by molar-refractivity contribution is 0.251. The summed E-state index contributed by atoms with van der Waals surface area (Å²) in [5.41, 5.74) is 2.55. The molecule has 0 aliphatic carbocycles. The molecule has 110 valence electrons. The van der Waals surface area contributed by atoms with E-state index in [-0.39, 0.29) is 6.03 Å². The topological polar surface area (TPSA) is 50.4 Å². The maximum absolute atomic E-state index is 11.9. The summed E-state index contributed by atoms with van der Waals surface area (Å²) in [4.78, 5) is 11.9. The van der Waals surface area contributed by atoms with Gasteiger partial charge in [-0.05, 0) is 42.3 Å². The first-order valence-electron chi connectivity index (χ1n) is 6.53. The van der Waals surface area contributed by atoms with E-state index in [9.17, 15) is 4.79 Å². The van der Waals surface area contributed by atoms with Crippen molar-refractivity contribution in [2.24, 2.45) is 0 Å². The van der Waals surface area contributed by atoms with Gasteiger partial charge in [0.25, 0.3) is 0 Å². The molecule has 0 aliphatic heterocycles. The Balaban J connectivity index is 1.93. The number of rotatable bonds is 4. The lowest BCUT2D eigenvalue weighted by Gasteiger charge is -2.10. The van der Waals surface area contributed by atoms with Gasteiger partial charge in [-0.3, -0.25) is 0 Å². The summed E-state index contributed by atoms with van der Waals surface area (Å²) < 4.78 is 5.18. The molecule has 5 heteroatoms. The van der Waals surface area contributed by atoms with Crippen molar-refractivity contribution in [3.05, 3.63) is 58.6 Å². The van der Waals surface area contributed by atoms with Crippen molar-refractivity contribution in [2.45, 2.75) is 13.5 Å². The largest absolute Gasteiger partial charge is 0.496 e. The number of carbonyl (C=O) groups excluding carboxylic acids is 1. The third-order valence-electron chi connectivity index (χ3n) is 3.05. The molecule has 0 saturated carbocycles. The first-order chi connectivity index (χ1) is 10.1. The Kier molecular flexibility index (Phi) is 5.06. The van der Waals surface area contributed by atoms with Gasteiger partial charge in [-0.25, -0.2) is 4.79 Å². The first kappa shape index (κ1) is 15.2. The van der Waals surface area contributed by atoms with Crippen LogP contribution in [0.25, 0.3) is 0 Å². The molecule has 0 fully saturated rings. The highest BCUT2D eigenvalue weighted by molar-refractivity contribution is 6.31. The Morgan fingerprint density at radius 2 is 2.00 bits per heavy atom. The number of urea groups is 1. The van der Waals surface area contributed by atoms with Crippen molar-refractivity contribution in [3.63, 3.8) is 0 Å². The van der Waals surface area contributed by atoms with Gasteiger partial charge < -0.3 is 15.4 Å². The van der Waals surface area contributed by atoms with Crippen LogP contribution in [0.5, 0.6) is 5.75 Å². The van der Waals surface area contributed by atoms with E-state index in [2.05, 4.69) is 10.6 Å². The third kappa shape index (κ3) is 4.13. The second-order valence-electron chi connectivity index (χ2n) is 4.58. The minimum absolute atomic E-state index is 0.278. The molecular weight excluding hydrogens is 288 g/mol. The molecule has 2 aromatic rings. The predicted octanol–water partition coefficient (Wildman–Crippen LogP) is 3.98. The van der Waals surface area contributed by atoms with E-state index in [0.717, 1.165) is 16.9 Å². The molecule has 4 nitrogen and oxygen atoms in total. The molecule has 2 amide bonds. The van der Waals surface area contributed by atoms with E-state index < -0.39 is 0 Å². The van der Waals surface area contributed by atoms with Gasteiger partial charge in [0.15, 0.2) is 0 Å². The number of aryl methyl sites for hydroxylation is 1. The smallest absolute Gasteiger partial charge is 0.319 e. The number of hydrogen-bond donors (Lipinski definition) is 2. The molecule has 0 unspecified atom stereocenters. The van der Waals surface area contributed by atoms with Crippen LogP contribution in [0.2, 0.25) is 5.02 Å². The SMILES string of the molecule is COc1ccc(NC(=O)NCc2ccccc2Cl)cc1C. The summed E-state index contributed by atoms with van der Waals surface area (Å²) in [6.45, 7) is 2.30. The van der Waals surface area contributed by atoms with Crippen LogP contribution in [-0.2, 0) is 6.54 Å². The highest BCUT2D eigenvalue weighted by Crippen LogP contribution is 2.21. The number of anilines is 1. The van der Waals surface area contributed by atoms with Crippen molar-refractivity contribution >= 4 is 23.3 Å². The molecule has 0 spiro atoms. The van der Waals surface area contributed by atoms with E-state index in [1.807, 2.05) is 37.3 Å². The van der Waals surface area contributed by atoms with E-state index in [0.29, 0.717) is 17.3 Å². The number of methoxy groups -OCH3 is 1. The summed E-state index contributed by atoms with van der Waals surface area (Å²) in [5, 5.41) is 6.18. The lowest BCUT2D eigenvalue weighted by Crippen LogP contribution is -2.28. The molecule has 21 heavy (non-hydrogen) atoms. The summed E-state index contributed by atoms with van der Waals surface area (Å²) >= 11 is 6.04. The minimum atomic E-state index is -0.278. The molecule has 0 saturated heterocycles. The maximum atomic E-state index is 11.9. The number of ether oxygens (including phenoxy) is 1. The van der Waals surface area contributed by atoms with Crippen molar-refractivity contribution in [1.82, 2.24) is 5.32 Å². The van der Waals surface area contributed by atoms with Gasteiger partial charge >= 0.3 is 6.03 Å². The molecule has 2 aromatic carbocycles. The third-order valence-corrected chi connectivity index (χ3v) is 3.42. The number of halogens is 1. The quantitative estimate of drug-likeness (QED) is 0.897. The van der Waals surface area contributed by atoms with Crippen molar-refractivity contribution in [3.8, 4) is 5.75 Å². The van der Waals surface area contributed by atoms with E-state index >= 15 is 0 Å². The normalized spacial score (nSPS) is 10.0. The van der Waals surface area contributed by atoms with Gasteiger partial charge in [-0.1, -0.05) is 29.8 Å². The number of carbonyl (C=O) groups is 1. The van der Waals surface area contributed by atoms with Gasteiger partial charge in [0.05, 0.1) is 7.11 Å². The van der Waals surface area contributed by atoms with E-state index in [1.54, 1.807) is 19.2 Å². The fourth-order valence-electron chi connectivity index (χ4n) is 1.95. The summed E-state index contributed by atoms with van der Waals surface area (Å²) in [7, 11) is 1.62. The number of amides is 2. The summed E-state index contributed by atoms with van der Waals surface area (Å²) in [6, 6.07) is 12.6. The standard InChI is InChI=1S/C16H17ClN2O2/c1-11-9-13(7-8-15(11)21-2)19-16(20)18-10-12-5-3-4-6-14(12)17/h3-9H,10H2,1-2H3,(H2,18,19,20). The Morgan fingerprint density at radius 3 is 2.67 bits per heavy atom. The predicted molar refractivity (Wildman–Crippen MR) is 85.0 cm³/mol. The summed E-state index contributed by atoms with van der Waals surface area (Å²) in [6.07, 6.45) is 0. The average molecular weight is 305 g/mol. The van der Waals surface area contributed by atoms with Gasteiger partial charge in [-0.2, -0.15) is 0 Å². The fourth-order valence-corrected chi connectivity index (χ4v) is 2.15. The van der Waals surface area contributed by atoms with Crippen LogP contribution in [0, 0.1) is 6.92 Å². The van der Waals surface area contributed by atoms with Crippen molar-refractivity contribution in [1.29, 1.82) is 0 Å². The zero-order chi connectivity index (χ0) is 15.2. The molecule has 2 N–H and O–H groups in total. The van der Waals surface area contributed by atoms with Crippen LogP contribution >= 0.6 is 11.6 Å². The Hall–Kier alpha value is -2.20. The van der Waals surface area contributed by atoms with Crippen LogP contribution in [0.3, 0.4) is 0 Å². The molecule has 0 aromatic heterocycles. The van der Waals surface area contributed by atoms with E-state index in [4.69, 9.17) is 16.3 Å². The summed E-state index contributed by atoms with van der Waals surface area (Å²) in [5.74, 6) is 0.789. The highest BCUT2D eigenvalue weighted by atomic mass is 35.5. The number of hydrogen-bond acceptors (Lipinski definition) is 2. The van der Waals surface area contributed by atoms with Crippen LogP contribution in [0.15, 0.2) is 42.5 Å². The second-order valence-corrected chi connectivity index (χ2v) is 4.99.